The van der Waals surface area contributed by atoms with Crippen LogP contribution < -0.4 is 10.5 Å². The number of halogens is 4. The molecule has 2 unspecified atom stereocenters. The van der Waals surface area contributed by atoms with Gasteiger partial charge in [0.2, 0.25) is 0 Å². The second-order valence-electron chi connectivity index (χ2n) is 10.6. The van der Waals surface area contributed by atoms with Crippen LogP contribution in [0.25, 0.3) is 21.9 Å². The van der Waals surface area contributed by atoms with Gasteiger partial charge in [0.15, 0.2) is 0 Å². The summed E-state index contributed by atoms with van der Waals surface area (Å²) in [7, 11) is 1.46. The summed E-state index contributed by atoms with van der Waals surface area (Å²) in [5.41, 5.74) is 8.86. The number of nitrogen functional groups attached to an aromatic ring is 1. The topological polar surface area (TPSA) is 64.8 Å². The number of methoxy groups -OCH3 is 1. The van der Waals surface area contributed by atoms with Crippen LogP contribution in [0.3, 0.4) is 0 Å². The number of benzene rings is 4. The van der Waals surface area contributed by atoms with Gasteiger partial charge in [0.25, 0.3) is 0 Å². The summed E-state index contributed by atoms with van der Waals surface area (Å²) in [6.45, 7) is 5.62. The molecule has 0 bridgehead atoms. The Kier molecular flexibility index (Phi) is 7.32. The molecule has 1 aliphatic heterocycles. The minimum atomic E-state index is -4.52. The number of amides is 1. The van der Waals surface area contributed by atoms with Gasteiger partial charge in [-0.3, -0.25) is 4.90 Å². The molecule has 5 nitrogen and oxygen atoms in total. The fourth-order valence-electron chi connectivity index (χ4n) is 5.41. The summed E-state index contributed by atoms with van der Waals surface area (Å²) in [5.74, 6) is -0.167. The summed E-state index contributed by atoms with van der Waals surface area (Å²) >= 11 is 0. The normalized spacial score (nSPS) is 17.4. The minimum Gasteiger partial charge on any atom is -0.496 e. The van der Waals surface area contributed by atoms with Gasteiger partial charge in [-0.2, -0.15) is 13.2 Å². The zero-order valence-electron chi connectivity index (χ0n) is 23.1. The fraction of sp³-hybridized carbons (Fsp3) is 0.281. The maximum absolute atomic E-state index is 14.9. The molecular formula is C32H30F4N2O3. The van der Waals surface area contributed by atoms with E-state index in [-0.39, 0.29) is 23.8 Å². The van der Waals surface area contributed by atoms with Crippen molar-refractivity contribution >= 4 is 22.6 Å². The third kappa shape index (κ3) is 5.28. The first-order valence-corrected chi connectivity index (χ1v) is 13.2. The number of fused-ring (bicyclic) bond motifs is 1. The highest BCUT2D eigenvalue weighted by atomic mass is 19.4. The lowest BCUT2D eigenvalue weighted by Crippen LogP contribution is -2.31. The number of carbonyl (C=O) groups excluding carboxylic acids is 1. The lowest BCUT2D eigenvalue weighted by Gasteiger charge is -2.24. The predicted molar refractivity (Wildman–Crippen MR) is 150 cm³/mol. The Bertz CT molecular complexity index is 1630. The Morgan fingerprint density at radius 1 is 1.02 bits per heavy atom. The van der Waals surface area contributed by atoms with E-state index in [1.165, 1.54) is 30.2 Å². The van der Waals surface area contributed by atoms with Crippen LogP contribution in [0.15, 0.2) is 66.7 Å². The van der Waals surface area contributed by atoms with E-state index in [0.29, 0.717) is 28.1 Å². The SMILES string of the molecule is COc1cc(F)c(C(C)C)cc1-c1cc2c(N)cccc2cc1CN1C(=O)OC(c2cccc(C(F)(F)F)c2)C1C. The first kappa shape index (κ1) is 28.3. The largest absolute Gasteiger partial charge is 0.496 e. The van der Waals surface area contributed by atoms with E-state index < -0.39 is 30.0 Å². The van der Waals surface area contributed by atoms with E-state index in [4.69, 9.17) is 15.2 Å². The molecule has 4 aromatic carbocycles. The van der Waals surface area contributed by atoms with Crippen LogP contribution in [0.5, 0.6) is 5.75 Å². The first-order valence-electron chi connectivity index (χ1n) is 13.2. The molecule has 0 aliphatic carbocycles. The molecule has 2 N–H and O–H groups in total. The number of ether oxygens (including phenoxy) is 2. The van der Waals surface area contributed by atoms with E-state index >= 15 is 0 Å². The minimum absolute atomic E-state index is 0.0904. The van der Waals surface area contributed by atoms with Crippen molar-refractivity contribution in [1.82, 2.24) is 4.90 Å². The van der Waals surface area contributed by atoms with Crippen molar-refractivity contribution < 1.29 is 31.8 Å². The Morgan fingerprint density at radius 3 is 2.44 bits per heavy atom. The standard InChI is InChI=1S/C32H30F4N2O3/c1-17(2)23-13-26(29(40-4)15-27(23)33)24-14-25-19(7-6-10-28(25)37)11-21(24)16-38-18(3)30(41-31(38)39)20-8-5-9-22(12-20)32(34,35)36/h5-15,17-18,30H,16,37H2,1-4H3. The van der Waals surface area contributed by atoms with E-state index in [1.54, 1.807) is 19.1 Å². The van der Waals surface area contributed by atoms with Crippen LogP contribution in [0.2, 0.25) is 0 Å². The molecule has 4 aromatic rings. The van der Waals surface area contributed by atoms with Gasteiger partial charge < -0.3 is 15.2 Å². The number of alkyl halides is 3. The second kappa shape index (κ2) is 10.6. The highest BCUT2D eigenvalue weighted by Crippen LogP contribution is 2.42. The molecule has 0 spiro atoms. The quantitative estimate of drug-likeness (QED) is 0.188. The Hall–Kier alpha value is -4.27. The zero-order valence-corrected chi connectivity index (χ0v) is 23.1. The second-order valence-corrected chi connectivity index (χ2v) is 10.6. The molecule has 0 aromatic heterocycles. The van der Waals surface area contributed by atoms with Crippen LogP contribution >= 0.6 is 0 Å². The number of anilines is 1. The van der Waals surface area contributed by atoms with E-state index in [9.17, 15) is 22.4 Å². The van der Waals surface area contributed by atoms with Crippen molar-refractivity contribution in [1.29, 1.82) is 0 Å². The number of hydrogen-bond acceptors (Lipinski definition) is 4. The van der Waals surface area contributed by atoms with Gasteiger partial charge in [-0.15, -0.1) is 0 Å². The Balaban J connectivity index is 1.61. The average molecular weight is 567 g/mol. The van der Waals surface area contributed by atoms with Gasteiger partial charge in [-0.05, 0) is 76.9 Å². The lowest BCUT2D eigenvalue weighted by molar-refractivity contribution is -0.137. The Labute approximate surface area is 235 Å². The summed E-state index contributed by atoms with van der Waals surface area (Å²) in [6.07, 6.45) is -6.06. The van der Waals surface area contributed by atoms with E-state index in [1.807, 2.05) is 38.1 Å². The van der Waals surface area contributed by atoms with Gasteiger partial charge in [0, 0.05) is 22.7 Å². The average Bonchev–Trinajstić information content (AvgIpc) is 3.20. The third-order valence-electron chi connectivity index (χ3n) is 7.64. The van der Waals surface area contributed by atoms with Crippen LogP contribution in [-0.4, -0.2) is 24.1 Å². The molecule has 2 atom stereocenters. The number of cyclic esters (lactones) is 1. The van der Waals surface area contributed by atoms with Crippen LogP contribution in [0.1, 0.15) is 55.0 Å². The number of hydrogen-bond donors (Lipinski definition) is 1. The molecule has 1 saturated heterocycles. The summed E-state index contributed by atoms with van der Waals surface area (Å²) in [6, 6.07) is 16.7. The molecule has 1 amide bonds. The maximum Gasteiger partial charge on any atom is 0.416 e. The molecular weight excluding hydrogens is 536 g/mol. The molecule has 0 saturated carbocycles. The molecule has 1 aliphatic rings. The summed E-state index contributed by atoms with van der Waals surface area (Å²) in [5, 5.41) is 1.62. The molecule has 41 heavy (non-hydrogen) atoms. The van der Waals surface area contributed by atoms with Crippen LogP contribution in [0, 0.1) is 5.82 Å². The molecule has 1 fully saturated rings. The van der Waals surface area contributed by atoms with Gasteiger partial charge in [0.05, 0.1) is 25.3 Å². The fourth-order valence-corrected chi connectivity index (χ4v) is 5.41. The number of rotatable bonds is 6. The smallest absolute Gasteiger partial charge is 0.416 e. The molecule has 214 valence electrons. The zero-order chi connectivity index (χ0) is 29.6. The van der Waals surface area contributed by atoms with Gasteiger partial charge in [-0.1, -0.05) is 38.1 Å². The number of nitrogens with zero attached hydrogens (tertiary/aromatic N) is 1. The van der Waals surface area contributed by atoms with Gasteiger partial charge in [0.1, 0.15) is 17.7 Å². The van der Waals surface area contributed by atoms with Crippen LogP contribution in [0.4, 0.5) is 28.0 Å². The van der Waals surface area contributed by atoms with Crippen molar-refractivity contribution in [3.63, 3.8) is 0 Å². The lowest BCUT2D eigenvalue weighted by atomic mass is 9.90. The van der Waals surface area contributed by atoms with Crippen molar-refractivity contribution in [2.24, 2.45) is 0 Å². The molecule has 0 radical (unpaired) electrons. The maximum atomic E-state index is 14.9. The van der Waals surface area contributed by atoms with E-state index in [0.717, 1.165) is 28.5 Å². The first-order chi connectivity index (χ1) is 19.4. The van der Waals surface area contributed by atoms with Crippen molar-refractivity contribution in [3.05, 3.63) is 94.8 Å². The number of carbonyl (C=O) groups is 1. The predicted octanol–water partition coefficient (Wildman–Crippen LogP) is 8.46. The third-order valence-corrected chi connectivity index (χ3v) is 7.64. The Morgan fingerprint density at radius 2 is 1.76 bits per heavy atom. The summed E-state index contributed by atoms with van der Waals surface area (Å²) < 4.78 is 66.1. The number of nitrogens with two attached hydrogens (primary N) is 1. The monoisotopic (exact) mass is 566 g/mol. The highest BCUT2D eigenvalue weighted by Gasteiger charge is 2.41. The van der Waals surface area contributed by atoms with Crippen molar-refractivity contribution in [2.45, 2.75) is 51.6 Å². The highest BCUT2D eigenvalue weighted by molar-refractivity contribution is 5.97. The van der Waals surface area contributed by atoms with E-state index in [2.05, 4.69) is 0 Å². The van der Waals surface area contributed by atoms with Gasteiger partial charge >= 0.3 is 12.3 Å². The van der Waals surface area contributed by atoms with Gasteiger partial charge in [-0.25, -0.2) is 9.18 Å². The van der Waals surface area contributed by atoms with Crippen molar-refractivity contribution in [2.75, 3.05) is 12.8 Å². The molecule has 9 heteroatoms. The van der Waals surface area contributed by atoms with Crippen LogP contribution in [-0.2, 0) is 17.5 Å². The van der Waals surface area contributed by atoms with Crippen molar-refractivity contribution in [3.8, 4) is 16.9 Å². The summed E-state index contributed by atoms with van der Waals surface area (Å²) in [4.78, 5) is 14.6. The molecule has 1 heterocycles. The molecule has 5 rings (SSSR count).